The number of hydrazine groups is 1. The average Bonchev–Trinajstić information content (AvgIpc) is 2.39. The molecular formula is C12H17FN2O3S. The molecule has 0 saturated carbocycles. The minimum Gasteiger partial charge on any atom is -0.392 e. The quantitative estimate of drug-likeness (QED) is 0.867. The number of aliphatic hydroxyl groups excluding tert-OH is 1. The Balaban J connectivity index is 2.18. The Morgan fingerprint density at radius 2 is 1.95 bits per heavy atom. The molecule has 1 saturated heterocycles. The van der Waals surface area contributed by atoms with Gasteiger partial charge in [0.1, 0.15) is 5.82 Å². The fraction of sp³-hybridized carbons (Fsp3) is 0.500. The SMILES string of the molecule is O=S(=O)(NN1CCCCC1)c1ccc(F)c(CO)c1. The van der Waals surface area contributed by atoms with Crippen LogP contribution in [0.1, 0.15) is 24.8 Å². The van der Waals surface area contributed by atoms with Gasteiger partial charge in [0.2, 0.25) is 0 Å². The Hall–Kier alpha value is -1.02. The summed E-state index contributed by atoms with van der Waals surface area (Å²) >= 11 is 0. The number of halogens is 1. The first-order chi connectivity index (χ1) is 9.03. The van der Waals surface area contributed by atoms with Crippen LogP contribution >= 0.6 is 0 Å². The summed E-state index contributed by atoms with van der Waals surface area (Å²) < 4.78 is 37.5. The van der Waals surface area contributed by atoms with Gasteiger partial charge in [-0.1, -0.05) is 6.42 Å². The zero-order chi connectivity index (χ0) is 13.9. The highest BCUT2D eigenvalue weighted by atomic mass is 32.2. The molecule has 5 nitrogen and oxygen atoms in total. The molecule has 0 spiro atoms. The molecule has 1 aliphatic rings. The third-order valence-electron chi connectivity index (χ3n) is 3.10. The molecule has 0 aromatic heterocycles. The van der Waals surface area contributed by atoms with Crippen molar-refractivity contribution in [3.8, 4) is 0 Å². The second-order valence-corrected chi connectivity index (χ2v) is 6.21. The second-order valence-electron chi connectivity index (χ2n) is 4.55. The highest BCUT2D eigenvalue weighted by molar-refractivity contribution is 7.89. The lowest BCUT2D eigenvalue weighted by molar-refractivity contribution is 0.200. The van der Waals surface area contributed by atoms with Crippen molar-refractivity contribution in [1.82, 2.24) is 9.84 Å². The zero-order valence-electron chi connectivity index (χ0n) is 10.5. The van der Waals surface area contributed by atoms with Gasteiger partial charge in [-0.05, 0) is 31.0 Å². The monoisotopic (exact) mass is 288 g/mol. The predicted molar refractivity (Wildman–Crippen MR) is 68.1 cm³/mol. The molecular weight excluding hydrogens is 271 g/mol. The van der Waals surface area contributed by atoms with Gasteiger partial charge < -0.3 is 5.11 Å². The molecule has 7 heteroatoms. The van der Waals surface area contributed by atoms with Crippen LogP contribution in [0, 0.1) is 5.82 Å². The topological polar surface area (TPSA) is 69.6 Å². The van der Waals surface area contributed by atoms with Gasteiger partial charge in [0.15, 0.2) is 0 Å². The number of nitrogens with one attached hydrogen (secondary N) is 1. The Morgan fingerprint density at radius 1 is 1.26 bits per heavy atom. The first-order valence-corrected chi connectivity index (χ1v) is 7.68. The van der Waals surface area contributed by atoms with Crippen molar-refractivity contribution in [3.63, 3.8) is 0 Å². The van der Waals surface area contributed by atoms with Crippen molar-refractivity contribution in [2.75, 3.05) is 13.1 Å². The molecule has 1 aromatic rings. The number of sulfonamides is 1. The van der Waals surface area contributed by atoms with Crippen molar-refractivity contribution < 1.29 is 17.9 Å². The maximum Gasteiger partial charge on any atom is 0.253 e. The third kappa shape index (κ3) is 3.50. The van der Waals surface area contributed by atoms with Gasteiger partial charge in [0.05, 0.1) is 11.5 Å². The van der Waals surface area contributed by atoms with Crippen LogP contribution in [0.5, 0.6) is 0 Å². The maximum atomic E-state index is 13.2. The number of hydrogen-bond acceptors (Lipinski definition) is 4. The minimum absolute atomic E-state index is 0.0264. The van der Waals surface area contributed by atoms with Gasteiger partial charge in [-0.25, -0.2) is 17.8 Å². The van der Waals surface area contributed by atoms with Gasteiger partial charge in [0, 0.05) is 18.7 Å². The lowest BCUT2D eigenvalue weighted by Gasteiger charge is -2.26. The second kappa shape index (κ2) is 5.96. The van der Waals surface area contributed by atoms with Crippen molar-refractivity contribution >= 4 is 10.0 Å². The molecule has 0 atom stereocenters. The summed E-state index contributed by atoms with van der Waals surface area (Å²) in [5.74, 6) is -0.612. The molecule has 2 rings (SSSR count). The highest BCUT2D eigenvalue weighted by Crippen LogP contribution is 2.16. The molecule has 2 N–H and O–H groups in total. The molecule has 1 heterocycles. The molecule has 0 aliphatic carbocycles. The van der Waals surface area contributed by atoms with E-state index in [-0.39, 0.29) is 10.5 Å². The Bertz CT molecular complexity index is 542. The smallest absolute Gasteiger partial charge is 0.253 e. The van der Waals surface area contributed by atoms with E-state index in [4.69, 9.17) is 5.11 Å². The Morgan fingerprint density at radius 3 is 2.58 bits per heavy atom. The van der Waals surface area contributed by atoms with E-state index >= 15 is 0 Å². The van der Waals surface area contributed by atoms with E-state index < -0.39 is 22.4 Å². The molecule has 0 radical (unpaired) electrons. The first kappa shape index (κ1) is 14.4. The summed E-state index contributed by atoms with van der Waals surface area (Å²) in [6.45, 7) is 0.819. The number of rotatable bonds is 4. The molecule has 0 amide bonds. The molecule has 1 aromatic carbocycles. The standard InChI is InChI=1S/C12H17FN2O3S/c13-12-5-4-11(8-10(12)9-16)19(17,18)14-15-6-2-1-3-7-15/h4-5,8,14,16H,1-3,6-7,9H2. The summed E-state index contributed by atoms with van der Waals surface area (Å²) in [5, 5.41) is 10.6. The summed E-state index contributed by atoms with van der Waals surface area (Å²) in [4.78, 5) is 2.45. The number of piperidine rings is 1. The summed E-state index contributed by atoms with van der Waals surface area (Å²) in [6, 6.07) is 3.40. The van der Waals surface area contributed by atoms with Crippen LogP contribution in [-0.2, 0) is 16.6 Å². The van der Waals surface area contributed by atoms with E-state index in [1.54, 1.807) is 5.01 Å². The lowest BCUT2D eigenvalue weighted by atomic mass is 10.2. The van der Waals surface area contributed by atoms with E-state index in [1.807, 2.05) is 0 Å². The molecule has 0 unspecified atom stereocenters. The number of benzene rings is 1. The van der Waals surface area contributed by atoms with Crippen LogP contribution in [-0.4, -0.2) is 31.6 Å². The van der Waals surface area contributed by atoms with Crippen LogP contribution < -0.4 is 4.83 Å². The number of nitrogens with zero attached hydrogens (tertiary/aromatic N) is 1. The molecule has 19 heavy (non-hydrogen) atoms. The Kier molecular flexibility index (Phi) is 4.51. The molecule has 106 valence electrons. The van der Waals surface area contributed by atoms with Crippen molar-refractivity contribution in [2.24, 2.45) is 0 Å². The van der Waals surface area contributed by atoms with Gasteiger partial charge in [-0.3, -0.25) is 0 Å². The highest BCUT2D eigenvalue weighted by Gasteiger charge is 2.20. The van der Waals surface area contributed by atoms with Crippen LogP contribution in [0.2, 0.25) is 0 Å². The van der Waals surface area contributed by atoms with Crippen LogP contribution in [0.3, 0.4) is 0 Å². The number of hydrogen-bond donors (Lipinski definition) is 2. The van der Waals surface area contributed by atoms with Crippen LogP contribution in [0.4, 0.5) is 4.39 Å². The zero-order valence-corrected chi connectivity index (χ0v) is 11.3. The molecule has 1 fully saturated rings. The van der Waals surface area contributed by atoms with E-state index in [0.717, 1.165) is 31.4 Å². The van der Waals surface area contributed by atoms with E-state index in [1.165, 1.54) is 6.07 Å². The summed E-state index contributed by atoms with van der Waals surface area (Å²) in [6.07, 6.45) is 3.01. The van der Waals surface area contributed by atoms with Crippen molar-refractivity contribution in [1.29, 1.82) is 0 Å². The van der Waals surface area contributed by atoms with Gasteiger partial charge >= 0.3 is 0 Å². The first-order valence-electron chi connectivity index (χ1n) is 6.19. The fourth-order valence-corrected chi connectivity index (χ4v) is 3.22. The van der Waals surface area contributed by atoms with E-state index in [0.29, 0.717) is 13.1 Å². The average molecular weight is 288 g/mol. The van der Waals surface area contributed by atoms with Crippen molar-refractivity contribution in [2.45, 2.75) is 30.8 Å². The third-order valence-corrected chi connectivity index (χ3v) is 4.48. The normalized spacial score (nSPS) is 17.6. The lowest BCUT2D eigenvalue weighted by Crippen LogP contribution is -2.44. The van der Waals surface area contributed by atoms with Gasteiger partial charge in [0.25, 0.3) is 10.0 Å². The van der Waals surface area contributed by atoms with Crippen LogP contribution in [0.25, 0.3) is 0 Å². The summed E-state index contributed by atoms with van der Waals surface area (Å²) in [7, 11) is -3.71. The largest absolute Gasteiger partial charge is 0.392 e. The Labute approximate surface area is 112 Å². The van der Waals surface area contributed by atoms with E-state index in [9.17, 15) is 12.8 Å². The van der Waals surface area contributed by atoms with Crippen molar-refractivity contribution in [3.05, 3.63) is 29.6 Å². The van der Waals surface area contributed by atoms with Gasteiger partial charge in [-0.2, -0.15) is 0 Å². The molecule has 1 aliphatic heterocycles. The summed E-state index contributed by atoms with van der Waals surface area (Å²) in [5.41, 5.74) is -0.0264. The minimum atomic E-state index is -3.71. The van der Waals surface area contributed by atoms with Gasteiger partial charge in [-0.15, -0.1) is 4.83 Å². The molecule has 0 bridgehead atoms. The predicted octanol–water partition coefficient (Wildman–Crippen LogP) is 0.997. The fourth-order valence-electron chi connectivity index (χ4n) is 2.05. The number of aliphatic hydroxyl groups is 1. The maximum absolute atomic E-state index is 13.2. The van der Waals surface area contributed by atoms with E-state index in [2.05, 4.69) is 4.83 Å². The van der Waals surface area contributed by atoms with Crippen LogP contribution in [0.15, 0.2) is 23.1 Å².